The molecule has 0 spiro atoms. The minimum absolute atomic E-state index is 0.683. The average Bonchev–Trinajstić information content (AvgIpc) is 2.63. The smallest absolute Gasteiger partial charge is 0.166 e. The summed E-state index contributed by atoms with van der Waals surface area (Å²) in [5, 5.41) is 9.24. The highest BCUT2D eigenvalue weighted by molar-refractivity contribution is 7.98. The Morgan fingerprint density at radius 3 is 3.13 bits per heavy atom. The van der Waals surface area contributed by atoms with Gasteiger partial charge in [-0.05, 0) is 23.8 Å². The van der Waals surface area contributed by atoms with Crippen molar-refractivity contribution < 1.29 is 0 Å². The van der Waals surface area contributed by atoms with Gasteiger partial charge in [0.25, 0.3) is 0 Å². The van der Waals surface area contributed by atoms with Crippen molar-refractivity contribution in [2.75, 3.05) is 19.3 Å². The molecular weight excluding hydrogens is 270 g/mol. The predicted octanol–water partition coefficient (Wildman–Crippen LogP) is 2.12. The van der Waals surface area contributed by atoms with Gasteiger partial charge in [-0.3, -0.25) is 0 Å². The number of nitrogens with zero attached hydrogens (tertiary/aromatic N) is 1. The normalized spacial score (nSPS) is 10.0. The molecule has 15 heavy (non-hydrogen) atoms. The highest BCUT2D eigenvalue weighted by atomic mass is 35.5. The van der Waals surface area contributed by atoms with Crippen LogP contribution < -0.4 is 10.6 Å². The summed E-state index contributed by atoms with van der Waals surface area (Å²) < 4.78 is 4.20. The number of hydrogen-bond donors (Lipinski definition) is 2. The molecule has 0 aliphatic carbocycles. The topological polar surface area (TPSA) is 37.0 Å². The number of thiocarbonyl (C=S) groups is 1. The first-order chi connectivity index (χ1) is 7.24. The van der Waals surface area contributed by atoms with Crippen molar-refractivity contribution in [3.8, 4) is 0 Å². The molecule has 2 N–H and O–H groups in total. The second kappa shape index (κ2) is 7.27. The molecule has 0 aromatic carbocycles. The Bertz CT molecular complexity index is 316. The van der Waals surface area contributed by atoms with Crippen LogP contribution in [0.3, 0.4) is 0 Å². The van der Waals surface area contributed by atoms with Crippen LogP contribution in [0.2, 0.25) is 5.02 Å². The van der Waals surface area contributed by atoms with Crippen LogP contribution in [0.1, 0.15) is 5.69 Å². The van der Waals surface area contributed by atoms with Gasteiger partial charge in [0.05, 0.1) is 10.7 Å². The highest BCUT2D eigenvalue weighted by Crippen LogP contribution is 2.21. The molecule has 84 valence electrons. The summed E-state index contributed by atoms with van der Waals surface area (Å²) in [7, 11) is 1.80. The van der Waals surface area contributed by atoms with Crippen LogP contribution in [0.4, 0.5) is 0 Å². The molecular formula is C8H12ClN3S3. The van der Waals surface area contributed by atoms with Crippen LogP contribution in [-0.4, -0.2) is 28.8 Å². The van der Waals surface area contributed by atoms with Gasteiger partial charge < -0.3 is 10.6 Å². The van der Waals surface area contributed by atoms with E-state index in [2.05, 4.69) is 15.0 Å². The quantitative estimate of drug-likeness (QED) is 0.639. The number of thioether (sulfide) groups is 1. The number of halogens is 1. The Morgan fingerprint density at radius 2 is 2.53 bits per heavy atom. The van der Waals surface area contributed by atoms with Gasteiger partial charge in [0.15, 0.2) is 5.11 Å². The van der Waals surface area contributed by atoms with E-state index in [1.54, 1.807) is 18.8 Å². The number of aromatic nitrogens is 1. The molecule has 7 heteroatoms. The molecule has 0 unspecified atom stereocenters. The zero-order chi connectivity index (χ0) is 11.1. The molecule has 0 aliphatic heterocycles. The van der Waals surface area contributed by atoms with E-state index in [9.17, 15) is 0 Å². The second-order valence-corrected chi connectivity index (χ2v) is 5.22. The van der Waals surface area contributed by atoms with Crippen molar-refractivity contribution in [3.05, 3.63) is 16.1 Å². The van der Waals surface area contributed by atoms with Gasteiger partial charge in [0.2, 0.25) is 0 Å². The maximum absolute atomic E-state index is 5.91. The monoisotopic (exact) mass is 281 g/mol. The van der Waals surface area contributed by atoms with Gasteiger partial charge in [0, 0.05) is 30.5 Å². The fourth-order valence-electron chi connectivity index (χ4n) is 0.837. The summed E-state index contributed by atoms with van der Waals surface area (Å²) in [6, 6.07) is 0. The summed E-state index contributed by atoms with van der Waals surface area (Å²) in [6.07, 6.45) is 0. The maximum Gasteiger partial charge on any atom is 0.166 e. The zero-order valence-corrected chi connectivity index (χ0v) is 11.5. The Labute approximate surface area is 108 Å². The van der Waals surface area contributed by atoms with E-state index in [0.29, 0.717) is 5.11 Å². The molecule has 1 aromatic rings. The molecule has 0 bridgehead atoms. The van der Waals surface area contributed by atoms with Crippen LogP contribution in [0, 0.1) is 0 Å². The molecule has 0 saturated heterocycles. The van der Waals surface area contributed by atoms with Crippen LogP contribution >= 0.6 is 47.1 Å². The SMILES string of the molecule is CNC(=S)NCCSCc1nscc1Cl. The lowest BCUT2D eigenvalue weighted by Gasteiger charge is -2.05. The molecule has 0 amide bonds. The summed E-state index contributed by atoms with van der Waals surface area (Å²) >= 11 is 14.0. The third-order valence-electron chi connectivity index (χ3n) is 1.59. The first-order valence-electron chi connectivity index (χ1n) is 4.36. The lowest BCUT2D eigenvalue weighted by molar-refractivity contribution is 0.942. The van der Waals surface area contributed by atoms with Crippen LogP contribution in [-0.2, 0) is 5.75 Å². The molecule has 0 radical (unpaired) electrons. The Morgan fingerprint density at radius 1 is 1.73 bits per heavy atom. The van der Waals surface area contributed by atoms with Crippen molar-refractivity contribution in [1.82, 2.24) is 15.0 Å². The molecule has 3 nitrogen and oxygen atoms in total. The number of nitrogens with one attached hydrogen (secondary N) is 2. The van der Waals surface area contributed by atoms with Crippen molar-refractivity contribution >= 4 is 52.2 Å². The summed E-state index contributed by atoms with van der Waals surface area (Å²) in [4.78, 5) is 0. The Balaban J connectivity index is 2.07. The van der Waals surface area contributed by atoms with Gasteiger partial charge in [-0.1, -0.05) is 11.6 Å². The molecule has 1 heterocycles. The van der Waals surface area contributed by atoms with Crippen LogP contribution in [0.5, 0.6) is 0 Å². The van der Waals surface area contributed by atoms with Gasteiger partial charge in [0.1, 0.15) is 0 Å². The van der Waals surface area contributed by atoms with Gasteiger partial charge in [-0.25, -0.2) is 0 Å². The Kier molecular flexibility index (Phi) is 6.31. The van der Waals surface area contributed by atoms with E-state index in [-0.39, 0.29) is 0 Å². The molecule has 1 rings (SSSR count). The van der Waals surface area contributed by atoms with E-state index in [1.165, 1.54) is 11.5 Å². The summed E-state index contributed by atoms with van der Waals surface area (Å²) in [6.45, 7) is 0.853. The third kappa shape index (κ3) is 5.01. The number of rotatable bonds is 5. The van der Waals surface area contributed by atoms with Crippen LogP contribution in [0.15, 0.2) is 5.38 Å². The second-order valence-electron chi connectivity index (χ2n) is 2.67. The summed E-state index contributed by atoms with van der Waals surface area (Å²) in [5.74, 6) is 1.84. The maximum atomic E-state index is 5.91. The first-order valence-corrected chi connectivity index (χ1v) is 7.14. The largest absolute Gasteiger partial charge is 0.366 e. The lowest BCUT2D eigenvalue weighted by atomic mass is 10.5. The lowest BCUT2D eigenvalue weighted by Crippen LogP contribution is -2.33. The molecule has 0 atom stereocenters. The molecule has 0 fully saturated rings. The van der Waals surface area contributed by atoms with E-state index in [4.69, 9.17) is 23.8 Å². The highest BCUT2D eigenvalue weighted by Gasteiger charge is 2.02. The molecule has 0 aliphatic rings. The van der Waals surface area contributed by atoms with Crippen LogP contribution in [0.25, 0.3) is 0 Å². The Hall–Kier alpha value is -0.0400. The van der Waals surface area contributed by atoms with E-state index in [1.807, 2.05) is 5.38 Å². The van der Waals surface area contributed by atoms with Crippen molar-refractivity contribution in [2.24, 2.45) is 0 Å². The predicted molar refractivity (Wildman–Crippen MR) is 72.9 cm³/mol. The van der Waals surface area contributed by atoms with Gasteiger partial charge >= 0.3 is 0 Å². The zero-order valence-electron chi connectivity index (χ0n) is 8.25. The standard InChI is InChI=1S/C8H12ClN3S3/c1-10-8(13)11-2-3-14-5-7-6(9)4-15-12-7/h4H,2-3,5H2,1H3,(H2,10,11,13). The minimum atomic E-state index is 0.683. The van der Waals surface area contributed by atoms with Crippen molar-refractivity contribution in [3.63, 3.8) is 0 Å². The van der Waals surface area contributed by atoms with Gasteiger partial charge in [-0.15, -0.1) is 0 Å². The first kappa shape index (κ1) is 13.0. The van der Waals surface area contributed by atoms with E-state index in [0.717, 1.165) is 28.8 Å². The minimum Gasteiger partial charge on any atom is -0.366 e. The van der Waals surface area contributed by atoms with E-state index >= 15 is 0 Å². The third-order valence-corrected chi connectivity index (χ3v) is 4.03. The number of hydrogen-bond acceptors (Lipinski definition) is 4. The van der Waals surface area contributed by atoms with Crippen molar-refractivity contribution in [2.45, 2.75) is 5.75 Å². The fraction of sp³-hybridized carbons (Fsp3) is 0.500. The fourth-order valence-corrected chi connectivity index (χ4v) is 2.75. The average molecular weight is 282 g/mol. The summed E-state index contributed by atoms with van der Waals surface area (Å²) in [5.41, 5.74) is 0.975. The molecule has 1 aromatic heterocycles. The molecule has 0 saturated carbocycles. The van der Waals surface area contributed by atoms with Gasteiger partial charge in [-0.2, -0.15) is 16.1 Å². The van der Waals surface area contributed by atoms with Crippen molar-refractivity contribution in [1.29, 1.82) is 0 Å². The van der Waals surface area contributed by atoms with E-state index < -0.39 is 0 Å².